The SMILES string of the molecule is CCCCCCCCOC(=O)NN1C(C)(C)CS(=O)(=O)CC1(C)C. The van der Waals surface area contributed by atoms with E-state index < -0.39 is 27.0 Å². The van der Waals surface area contributed by atoms with Crippen LogP contribution in [0.5, 0.6) is 0 Å². The number of sulfone groups is 1. The molecule has 1 saturated heterocycles. The van der Waals surface area contributed by atoms with Crippen LogP contribution in [0, 0.1) is 0 Å². The second-order valence-corrected chi connectivity index (χ2v) is 10.1. The summed E-state index contributed by atoms with van der Waals surface area (Å²) in [7, 11) is -3.13. The van der Waals surface area contributed by atoms with E-state index in [9.17, 15) is 13.2 Å². The zero-order valence-electron chi connectivity index (χ0n) is 15.9. The van der Waals surface area contributed by atoms with Gasteiger partial charge in [-0.3, -0.25) is 5.43 Å². The second kappa shape index (κ2) is 8.52. The van der Waals surface area contributed by atoms with Crippen LogP contribution in [0.2, 0.25) is 0 Å². The summed E-state index contributed by atoms with van der Waals surface area (Å²) in [6, 6.07) is 0. The Morgan fingerprint density at radius 3 is 2.04 bits per heavy atom. The minimum Gasteiger partial charge on any atom is -0.449 e. The lowest BCUT2D eigenvalue weighted by atomic mass is 9.98. The average molecular weight is 363 g/mol. The smallest absolute Gasteiger partial charge is 0.421 e. The summed E-state index contributed by atoms with van der Waals surface area (Å²) in [5.41, 5.74) is 1.39. The molecule has 1 aliphatic rings. The molecule has 0 aromatic carbocycles. The molecule has 0 aliphatic carbocycles. The van der Waals surface area contributed by atoms with E-state index in [4.69, 9.17) is 4.74 Å². The lowest BCUT2D eigenvalue weighted by Gasteiger charge is -2.51. The summed E-state index contributed by atoms with van der Waals surface area (Å²) in [5, 5.41) is 1.73. The van der Waals surface area contributed by atoms with Gasteiger partial charge in [-0.05, 0) is 34.1 Å². The third kappa shape index (κ3) is 6.59. The first kappa shape index (κ1) is 21.2. The minimum absolute atomic E-state index is 0.0150. The molecule has 1 fully saturated rings. The number of carbonyl (C=O) groups excluding carboxylic acids is 1. The average Bonchev–Trinajstić information content (AvgIpc) is 2.39. The molecule has 142 valence electrons. The molecule has 1 amide bonds. The highest BCUT2D eigenvalue weighted by Gasteiger charge is 2.49. The Bertz CT molecular complexity index is 491. The van der Waals surface area contributed by atoms with Crippen molar-refractivity contribution in [3.8, 4) is 0 Å². The van der Waals surface area contributed by atoms with E-state index in [1.807, 2.05) is 27.7 Å². The maximum atomic E-state index is 12.1. The highest BCUT2D eigenvalue weighted by molar-refractivity contribution is 7.91. The van der Waals surface area contributed by atoms with E-state index >= 15 is 0 Å². The van der Waals surface area contributed by atoms with Crippen LogP contribution in [-0.4, -0.2) is 48.7 Å². The van der Waals surface area contributed by atoms with Crippen LogP contribution in [0.15, 0.2) is 0 Å². The fraction of sp³-hybridized carbons (Fsp3) is 0.941. The zero-order valence-corrected chi connectivity index (χ0v) is 16.7. The molecule has 0 atom stereocenters. The van der Waals surface area contributed by atoms with Crippen molar-refractivity contribution in [2.45, 2.75) is 84.2 Å². The fourth-order valence-corrected chi connectivity index (χ4v) is 6.06. The first-order valence-electron chi connectivity index (χ1n) is 8.94. The Balaban J connectivity index is 2.45. The maximum absolute atomic E-state index is 12.1. The number of carbonyl (C=O) groups is 1. The van der Waals surface area contributed by atoms with Crippen molar-refractivity contribution < 1.29 is 17.9 Å². The first-order valence-corrected chi connectivity index (χ1v) is 10.8. The van der Waals surface area contributed by atoms with Gasteiger partial charge in [-0.2, -0.15) is 0 Å². The fourth-order valence-electron chi connectivity index (χ4n) is 3.55. The zero-order chi connectivity index (χ0) is 18.4. The second-order valence-electron chi connectivity index (χ2n) is 8.01. The van der Waals surface area contributed by atoms with Crippen LogP contribution in [0.1, 0.15) is 73.1 Å². The van der Waals surface area contributed by atoms with Gasteiger partial charge in [0.1, 0.15) is 0 Å². The van der Waals surface area contributed by atoms with E-state index in [-0.39, 0.29) is 11.5 Å². The normalized spacial score (nSPS) is 22.0. The Morgan fingerprint density at radius 1 is 1.00 bits per heavy atom. The number of hydrogen-bond donors (Lipinski definition) is 1. The topological polar surface area (TPSA) is 75.7 Å². The number of hydrogen-bond acceptors (Lipinski definition) is 5. The predicted octanol–water partition coefficient (Wildman–Crippen LogP) is 3.28. The maximum Gasteiger partial charge on any atom is 0.421 e. The highest BCUT2D eigenvalue weighted by atomic mass is 32.2. The first-order chi connectivity index (χ1) is 11.0. The van der Waals surface area contributed by atoms with Crippen LogP contribution >= 0.6 is 0 Å². The van der Waals surface area contributed by atoms with Crippen molar-refractivity contribution in [1.29, 1.82) is 0 Å². The summed E-state index contributed by atoms with van der Waals surface area (Å²) in [4.78, 5) is 12.1. The molecule has 0 unspecified atom stereocenters. The summed E-state index contributed by atoms with van der Waals surface area (Å²) in [6.07, 6.45) is 6.28. The molecular formula is C17H34N2O4S. The van der Waals surface area contributed by atoms with Gasteiger partial charge in [0.2, 0.25) is 0 Å². The molecule has 0 saturated carbocycles. The van der Waals surface area contributed by atoms with E-state index in [0.717, 1.165) is 12.8 Å². The number of ether oxygens (including phenoxy) is 1. The van der Waals surface area contributed by atoms with Gasteiger partial charge in [0.05, 0.1) is 18.1 Å². The largest absolute Gasteiger partial charge is 0.449 e. The molecule has 1 N–H and O–H groups in total. The van der Waals surface area contributed by atoms with E-state index in [1.165, 1.54) is 25.7 Å². The molecule has 24 heavy (non-hydrogen) atoms. The quantitative estimate of drug-likeness (QED) is 0.671. The van der Waals surface area contributed by atoms with Crippen LogP contribution in [0.25, 0.3) is 0 Å². The van der Waals surface area contributed by atoms with Crippen molar-refractivity contribution >= 4 is 15.9 Å². The van der Waals surface area contributed by atoms with Crippen molar-refractivity contribution in [3.05, 3.63) is 0 Å². The lowest BCUT2D eigenvalue weighted by molar-refractivity contribution is -0.0188. The van der Waals surface area contributed by atoms with Gasteiger partial charge in [-0.1, -0.05) is 39.0 Å². The molecule has 6 nitrogen and oxygen atoms in total. The molecule has 7 heteroatoms. The van der Waals surface area contributed by atoms with Gasteiger partial charge in [-0.15, -0.1) is 0 Å². The monoisotopic (exact) mass is 362 g/mol. The Labute approximate surface area is 147 Å². The summed E-state index contributed by atoms with van der Waals surface area (Å²) < 4.78 is 29.4. The van der Waals surface area contributed by atoms with Gasteiger partial charge in [0, 0.05) is 11.1 Å². The lowest BCUT2D eigenvalue weighted by Crippen LogP contribution is -2.70. The number of rotatable bonds is 8. The van der Waals surface area contributed by atoms with Gasteiger partial charge in [-0.25, -0.2) is 18.2 Å². The van der Waals surface area contributed by atoms with E-state index in [1.54, 1.807) is 5.01 Å². The molecule has 1 heterocycles. The van der Waals surface area contributed by atoms with Gasteiger partial charge < -0.3 is 4.74 Å². The summed E-state index contributed by atoms with van der Waals surface area (Å²) >= 11 is 0. The van der Waals surface area contributed by atoms with E-state index in [0.29, 0.717) is 6.61 Å². The van der Waals surface area contributed by atoms with Crippen molar-refractivity contribution in [1.82, 2.24) is 10.4 Å². The number of nitrogens with zero attached hydrogens (tertiary/aromatic N) is 1. The Hall–Kier alpha value is -0.820. The van der Waals surface area contributed by atoms with Gasteiger partial charge in [0.15, 0.2) is 9.84 Å². The molecule has 0 aromatic rings. The number of unbranched alkanes of at least 4 members (excludes halogenated alkanes) is 5. The third-order valence-electron chi connectivity index (χ3n) is 4.29. The molecule has 1 aliphatic heterocycles. The van der Waals surface area contributed by atoms with Crippen LogP contribution in [0.3, 0.4) is 0 Å². The van der Waals surface area contributed by atoms with Crippen molar-refractivity contribution in [3.63, 3.8) is 0 Å². The van der Waals surface area contributed by atoms with E-state index in [2.05, 4.69) is 12.3 Å². The summed E-state index contributed by atoms with van der Waals surface area (Å²) in [5.74, 6) is 0.0300. The molecule has 1 rings (SSSR count). The van der Waals surface area contributed by atoms with Crippen molar-refractivity contribution in [2.24, 2.45) is 0 Å². The molecule has 0 aromatic heterocycles. The molecule has 0 spiro atoms. The third-order valence-corrected chi connectivity index (χ3v) is 6.58. The van der Waals surface area contributed by atoms with Crippen LogP contribution in [0.4, 0.5) is 4.79 Å². The standard InChI is InChI=1S/C17H34N2O4S/c1-6-7-8-9-10-11-12-23-15(20)18-19-16(2,3)13-24(21,22)14-17(19,4)5/h6-14H2,1-5H3,(H,18,20). The number of amides is 1. The van der Waals surface area contributed by atoms with Gasteiger partial charge >= 0.3 is 6.09 Å². The molecule has 0 radical (unpaired) electrons. The summed E-state index contributed by atoms with van der Waals surface area (Å²) in [6.45, 7) is 9.85. The highest BCUT2D eigenvalue weighted by Crippen LogP contribution is 2.31. The Kier molecular flexibility index (Phi) is 7.53. The molecular weight excluding hydrogens is 328 g/mol. The number of nitrogens with one attached hydrogen (secondary N) is 1. The van der Waals surface area contributed by atoms with Crippen molar-refractivity contribution in [2.75, 3.05) is 18.1 Å². The van der Waals surface area contributed by atoms with Crippen LogP contribution < -0.4 is 5.43 Å². The predicted molar refractivity (Wildman–Crippen MR) is 96.5 cm³/mol. The Morgan fingerprint density at radius 2 is 1.50 bits per heavy atom. The number of hydrazine groups is 1. The van der Waals surface area contributed by atoms with Crippen LogP contribution in [-0.2, 0) is 14.6 Å². The minimum atomic E-state index is -3.13. The molecule has 0 bridgehead atoms. The van der Waals surface area contributed by atoms with Gasteiger partial charge in [0.25, 0.3) is 0 Å².